The molecule has 1 aliphatic heterocycles. The molecule has 1 N–H and O–H groups in total. The average Bonchev–Trinajstić information content (AvgIpc) is 2.50. The third-order valence-corrected chi connectivity index (χ3v) is 4.10. The summed E-state index contributed by atoms with van der Waals surface area (Å²) in [7, 11) is 0. The number of benzene rings is 1. The topological polar surface area (TPSA) is 40.5 Å². The van der Waals surface area contributed by atoms with E-state index in [1.807, 2.05) is 6.07 Å². The first-order valence-electron chi connectivity index (χ1n) is 6.67. The molecule has 1 saturated heterocycles. The lowest BCUT2D eigenvalue weighted by atomic mass is 9.85. The molecule has 0 atom stereocenters. The number of hydrogen-bond donors (Lipinski definition) is 1. The van der Waals surface area contributed by atoms with Crippen LogP contribution in [-0.4, -0.2) is 24.2 Å². The molecule has 1 fully saturated rings. The molecule has 0 amide bonds. The van der Waals surface area contributed by atoms with Gasteiger partial charge >= 0.3 is 5.97 Å². The Bertz CT molecular complexity index is 485. The zero-order chi connectivity index (χ0) is 14.0. The molecule has 3 nitrogen and oxygen atoms in total. The van der Waals surface area contributed by atoms with Gasteiger partial charge in [0.05, 0.1) is 11.3 Å². The number of anilines is 1. The molecule has 1 aromatic carbocycles. The van der Waals surface area contributed by atoms with Crippen molar-refractivity contribution in [1.29, 1.82) is 0 Å². The highest BCUT2D eigenvalue weighted by Crippen LogP contribution is 2.33. The standard InChI is InChI=1S/C15H20ClNO2/c1-15(2)6-3-8-17(9-7-15)13-5-4-11(16)10-12(13)14(18)19/h4-5,10H,3,6-9H2,1-2H3,(H,18,19). The summed E-state index contributed by atoms with van der Waals surface area (Å²) in [4.78, 5) is 13.5. The van der Waals surface area contributed by atoms with Gasteiger partial charge in [0.25, 0.3) is 0 Å². The minimum absolute atomic E-state index is 0.298. The third-order valence-electron chi connectivity index (χ3n) is 3.87. The molecule has 0 aliphatic carbocycles. The van der Waals surface area contributed by atoms with Crippen molar-refractivity contribution in [2.24, 2.45) is 5.41 Å². The molecule has 104 valence electrons. The normalized spacial score (nSPS) is 19.0. The van der Waals surface area contributed by atoms with Crippen LogP contribution in [0.25, 0.3) is 0 Å². The molecule has 4 heteroatoms. The fourth-order valence-corrected chi connectivity index (χ4v) is 2.79. The van der Waals surface area contributed by atoms with Gasteiger partial charge in [-0.15, -0.1) is 0 Å². The van der Waals surface area contributed by atoms with Gasteiger partial charge in [-0.3, -0.25) is 0 Å². The van der Waals surface area contributed by atoms with E-state index >= 15 is 0 Å². The monoisotopic (exact) mass is 281 g/mol. The molecule has 0 radical (unpaired) electrons. The molecule has 19 heavy (non-hydrogen) atoms. The maximum absolute atomic E-state index is 11.3. The highest BCUT2D eigenvalue weighted by Gasteiger charge is 2.25. The van der Waals surface area contributed by atoms with Crippen LogP contribution in [0.4, 0.5) is 5.69 Å². The van der Waals surface area contributed by atoms with Crippen LogP contribution < -0.4 is 4.90 Å². The number of carboxylic acid groups (broad SMARTS) is 1. The fraction of sp³-hybridized carbons (Fsp3) is 0.533. The Kier molecular flexibility index (Phi) is 4.04. The highest BCUT2D eigenvalue weighted by atomic mass is 35.5. The molecular formula is C15H20ClNO2. The van der Waals surface area contributed by atoms with Crippen LogP contribution in [0.2, 0.25) is 5.02 Å². The van der Waals surface area contributed by atoms with Gasteiger partial charge in [-0.05, 0) is 42.9 Å². The summed E-state index contributed by atoms with van der Waals surface area (Å²) in [5.74, 6) is -0.916. The zero-order valence-corrected chi connectivity index (χ0v) is 12.2. The lowest BCUT2D eigenvalue weighted by Crippen LogP contribution is -2.26. The summed E-state index contributed by atoms with van der Waals surface area (Å²) in [5, 5.41) is 9.78. The fourth-order valence-electron chi connectivity index (χ4n) is 2.62. The van der Waals surface area contributed by atoms with Gasteiger partial charge in [0.1, 0.15) is 0 Å². The van der Waals surface area contributed by atoms with Crippen LogP contribution >= 0.6 is 11.6 Å². The first-order valence-corrected chi connectivity index (χ1v) is 7.05. The Morgan fingerprint density at radius 3 is 2.74 bits per heavy atom. The predicted octanol–water partition coefficient (Wildman–Crippen LogP) is 4.05. The van der Waals surface area contributed by atoms with E-state index < -0.39 is 5.97 Å². The Hall–Kier alpha value is -1.22. The van der Waals surface area contributed by atoms with E-state index in [0.29, 0.717) is 16.0 Å². The molecule has 0 aromatic heterocycles. The maximum Gasteiger partial charge on any atom is 0.337 e. The highest BCUT2D eigenvalue weighted by molar-refractivity contribution is 6.31. The first-order chi connectivity index (χ1) is 8.89. The number of hydrogen-bond acceptors (Lipinski definition) is 2. The third kappa shape index (κ3) is 3.41. The van der Waals surface area contributed by atoms with Gasteiger partial charge in [-0.25, -0.2) is 4.79 Å². The van der Waals surface area contributed by atoms with Gasteiger partial charge in [0.15, 0.2) is 0 Å². The van der Waals surface area contributed by atoms with E-state index in [0.717, 1.165) is 31.6 Å². The molecule has 0 unspecified atom stereocenters. The van der Waals surface area contributed by atoms with Crippen molar-refractivity contribution in [2.45, 2.75) is 33.1 Å². The van der Waals surface area contributed by atoms with Crippen LogP contribution in [0.15, 0.2) is 18.2 Å². The minimum atomic E-state index is -0.916. The second kappa shape index (κ2) is 5.41. The Morgan fingerprint density at radius 2 is 2.05 bits per heavy atom. The van der Waals surface area contributed by atoms with E-state index in [9.17, 15) is 9.90 Å². The zero-order valence-electron chi connectivity index (χ0n) is 11.4. The van der Waals surface area contributed by atoms with Crippen molar-refractivity contribution in [1.82, 2.24) is 0 Å². The number of carboxylic acids is 1. The summed E-state index contributed by atoms with van der Waals surface area (Å²) in [6, 6.07) is 5.12. The van der Waals surface area contributed by atoms with E-state index in [1.165, 1.54) is 12.5 Å². The quantitative estimate of drug-likeness (QED) is 0.889. The van der Waals surface area contributed by atoms with Crippen LogP contribution in [0.1, 0.15) is 43.5 Å². The number of halogens is 1. The van der Waals surface area contributed by atoms with Gasteiger partial charge in [-0.2, -0.15) is 0 Å². The summed E-state index contributed by atoms with van der Waals surface area (Å²) >= 11 is 5.90. The van der Waals surface area contributed by atoms with E-state index in [2.05, 4.69) is 18.7 Å². The van der Waals surface area contributed by atoms with Crippen molar-refractivity contribution in [3.8, 4) is 0 Å². The summed E-state index contributed by atoms with van der Waals surface area (Å²) in [6.45, 7) is 6.35. The average molecular weight is 282 g/mol. The number of nitrogens with zero attached hydrogens (tertiary/aromatic N) is 1. The van der Waals surface area contributed by atoms with Crippen LogP contribution in [-0.2, 0) is 0 Å². The molecule has 2 rings (SSSR count). The Labute approximate surface area is 119 Å². The Balaban J connectivity index is 2.29. The van der Waals surface area contributed by atoms with Gasteiger partial charge in [0.2, 0.25) is 0 Å². The second-order valence-corrected chi connectivity index (χ2v) is 6.41. The van der Waals surface area contributed by atoms with Crippen LogP contribution in [0, 0.1) is 5.41 Å². The van der Waals surface area contributed by atoms with E-state index in [-0.39, 0.29) is 0 Å². The van der Waals surface area contributed by atoms with Crippen molar-refractivity contribution in [3.05, 3.63) is 28.8 Å². The SMILES string of the molecule is CC1(C)CCCN(c2ccc(Cl)cc2C(=O)O)CC1. The summed E-state index contributed by atoms with van der Waals surface area (Å²) in [6.07, 6.45) is 3.35. The smallest absolute Gasteiger partial charge is 0.337 e. The molecule has 1 aliphatic rings. The molecule has 0 bridgehead atoms. The number of aromatic carboxylic acids is 1. The summed E-state index contributed by atoms with van der Waals surface area (Å²) < 4.78 is 0. The lowest BCUT2D eigenvalue weighted by Gasteiger charge is -2.26. The van der Waals surface area contributed by atoms with E-state index in [1.54, 1.807) is 6.07 Å². The molecule has 0 saturated carbocycles. The largest absolute Gasteiger partial charge is 0.478 e. The van der Waals surface area contributed by atoms with Gasteiger partial charge in [-0.1, -0.05) is 25.4 Å². The number of carbonyl (C=O) groups is 1. The van der Waals surface area contributed by atoms with Crippen molar-refractivity contribution < 1.29 is 9.90 Å². The van der Waals surface area contributed by atoms with Crippen LogP contribution in [0.3, 0.4) is 0 Å². The predicted molar refractivity (Wildman–Crippen MR) is 78.3 cm³/mol. The molecule has 1 aromatic rings. The Morgan fingerprint density at radius 1 is 1.32 bits per heavy atom. The van der Waals surface area contributed by atoms with Crippen molar-refractivity contribution in [2.75, 3.05) is 18.0 Å². The molecule has 0 spiro atoms. The summed E-state index contributed by atoms with van der Waals surface area (Å²) in [5.41, 5.74) is 1.42. The second-order valence-electron chi connectivity index (χ2n) is 5.97. The maximum atomic E-state index is 11.3. The van der Waals surface area contributed by atoms with E-state index in [4.69, 9.17) is 11.6 Å². The van der Waals surface area contributed by atoms with Gasteiger partial charge < -0.3 is 10.0 Å². The molecule has 1 heterocycles. The lowest BCUT2D eigenvalue weighted by molar-refractivity contribution is 0.0697. The molecular weight excluding hydrogens is 262 g/mol. The first kappa shape index (κ1) is 14.2. The van der Waals surface area contributed by atoms with Crippen molar-refractivity contribution >= 4 is 23.3 Å². The van der Waals surface area contributed by atoms with Crippen molar-refractivity contribution in [3.63, 3.8) is 0 Å². The number of rotatable bonds is 2. The van der Waals surface area contributed by atoms with Gasteiger partial charge in [0, 0.05) is 18.1 Å². The minimum Gasteiger partial charge on any atom is -0.478 e. The van der Waals surface area contributed by atoms with Crippen LogP contribution in [0.5, 0.6) is 0 Å².